The highest BCUT2D eigenvalue weighted by atomic mass is 35.5. The fourth-order valence-corrected chi connectivity index (χ4v) is 4.67. The minimum atomic E-state index is -4.83. The molecule has 3 aromatic carbocycles. The number of ether oxygens (including phenoxy) is 3. The average molecular weight is 673 g/mol. The van der Waals surface area contributed by atoms with E-state index in [-0.39, 0.29) is 11.6 Å². The summed E-state index contributed by atoms with van der Waals surface area (Å²) in [6, 6.07) is 14.9. The Kier molecular flexibility index (Phi) is 11.2. The molecule has 0 spiro atoms. The Balaban J connectivity index is 1.64. The molecule has 2 N–H and O–H groups in total. The van der Waals surface area contributed by atoms with Crippen molar-refractivity contribution >= 4 is 52.6 Å². The number of hydrogen-bond donors (Lipinski definition) is 2. The first-order chi connectivity index (χ1) is 22.4. The minimum Gasteiger partial charge on any atom is -0.497 e. The van der Waals surface area contributed by atoms with Crippen LogP contribution in [-0.4, -0.2) is 69.5 Å². The van der Waals surface area contributed by atoms with Crippen LogP contribution in [0.3, 0.4) is 0 Å². The molecule has 0 saturated heterocycles. The summed E-state index contributed by atoms with van der Waals surface area (Å²) >= 11 is 5.72. The Morgan fingerprint density at radius 3 is 2.45 bits per heavy atom. The van der Waals surface area contributed by atoms with Crippen LogP contribution in [0.2, 0.25) is 5.02 Å². The lowest BCUT2D eigenvalue weighted by molar-refractivity contribution is -0.137. The van der Waals surface area contributed by atoms with Gasteiger partial charge in [0, 0.05) is 28.8 Å². The van der Waals surface area contributed by atoms with E-state index in [2.05, 4.69) is 15.0 Å². The highest BCUT2D eigenvalue weighted by Crippen LogP contribution is 2.36. The number of nitrogens with one attached hydrogen (secondary N) is 2. The Labute approximate surface area is 272 Å². The number of benzodiazepines with no additional fused rings is 1. The van der Waals surface area contributed by atoms with Gasteiger partial charge in [0.05, 0.1) is 36.9 Å². The third-order valence-electron chi connectivity index (χ3n) is 6.72. The van der Waals surface area contributed by atoms with E-state index in [4.69, 9.17) is 21.1 Å². The van der Waals surface area contributed by atoms with E-state index in [1.807, 2.05) is 5.32 Å². The molecular weight excluding hydrogens is 645 g/mol. The van der Waals surface area contributed by atoms with Gasteiger partial charge in [-0.1, -0.05) is 35.9 Å². The molecule has 15 heteroatoms. The first-order valence-electron chi connectivity index (χ1n) is 13.9. The van der Waals surface area contributed by atoms with Crippen molar-refractivity contribution in [3.05, 3.63) is 101 Å². The molecule has 3 amide bonds. The zero-order valence-corrected chi connectivity index (χ0v) is 25.7. The van der Waals surface area contributed by atoms with Gasteiger partial charge in [0.25, 0.3) is 5.91 Å². The summed E-state index contributed by atoms with van der Waals surface area (Å²) in [5.74, 6) is -1.37. The van der Waals surface area contributed by atoms with Crippen molar-refractivity contribution < 1.29 is 46.6 Å². The van der Waals surface area contributed by atoms with Crippen LogP contribution in [-0.2, 0) is 30.0 Å². The maximum absolute atomic E-state index is 13.9. The summed E-state index contributed by atoms with van der Waals surface area (Å²) in [5, 5.41) is 4.42. The van der Waals surface area contributed by atoms with Gasteiger partial charge in [-0.25, -0.2) is 9.59 Å². The topological polar surface area (TPSA) is 136 Å². The molecule has 0 bridgehead atoms. The number of benzene rings is 3. The summed E-state index contributed by atoms with van der Waals surface area (Å²) in [4.78, 5) is 56.7. The molecule has 1 aliphatic heterocycles. The van der Waals surface area contributed by atoms with E-state index in [1.165, 1.54) is 25.2 Å². The van der Waals surface area contributed by atoms with Crippen LogP contribution in [0.1, 0.15) is 16.7 Å². The van der Waals surface area contributed by atoms with Crippen LogP contribution < -0.4 is 20.3 Å². The maximum Gasteiger partial charge on any atom is 0.418 e. The predicted octanol–water partition coefficient (Wildman–Crippen LogP) is 5.01. The van der Waals surface area contributed by atoms with Crippen LogP contribution >= 0.6 is 11.6 Å². The lowest BCUT2D eigenvalue weighted by Crippen LogP contribution is -2.46. The highest BCUT2D eigenvalue weighted by Gasteiger charge is 2.36. The summed E-state index contributed by atoms with van der Waals surface area (Å²) in [5.41, 5.74) is -0.0974. The first-order valence-corrected chi connectivity index (χ1v) is 14.2. The number of hydrogen-bond acceptors (Lipinski definition) is 8. The smallest absolute Gasteiger partial charge is 0.418 e. The second-order valence-electron chi connectivity index (χ2n) is 9.80. The molecular formula is C32H28ClF3N4O7. The van der Waals surface area contributed by atoms with E-state index in [9.17, 15) is 32.3 Å². The molecule has 246 valence electrons. The van der Waals surface area contributed by atoms with E-state index >= 15 is 0 Å². The number of halogens is 4. The molecule has 0 unspecified atom stereocenters. The number of anilines is 2. The molecule has 0 fully saturated rings. The molecule has 0 radical (unpaired) electrons. The summed E-state index contributed by atoms with van der Waals surface area (Å²) < 4.78 is 55.6. The Morgan fingerprint density at radius 1 is 1.04 bits per heavy atom. The Morgan fingerprint density at radius 2 is 1.77 bits per heavy atom. The largest absolute Gasteiger partial charge is 0.497 e. The standard InChI is InChI=1S/C32H28ClF3N4O7/c1-45-21-12-9-19(10-13-21)29-22-6-3-4-7-26(22)40(17-27(41)37-15-5-8-28(42)46-2)30(43)25(38-29)18-47-31(44)39-24-14-11-20(33)16-23(24)32(34,35)36/h3-14,16,25H,15,17-18H2,1-2H3,(H,37,41)(H,39,44)/b8-5+/t25-/m1/s1. The van der Waals surface area contributed by atoms with Gasteiger partial charge in [0.15, 0.2) is 6.04 Å². The lowest BCUT2D eigenvalue weighted by atomic mass is 10.00. The highest BCUT2D eigenvalue weighted by molar-refractivity contribution is 6.30. The third-order valence-corrected chi connectivity index (χ3v) is 6.95. The SMILES string of the molecule is COC(=O)/C=C/CNC(=O)CN1C(=O)[C@@H](COC(=O)Nc2ccc(Cl)cc2C(F)(F)F)N=C(c2ccc(OC)cc2)c2ccccc21. The summed E-state index contributed by atoms with van der Waals surface area (Å²) in [6.07, 6.45) is -3.62. The van der Waals surface area contributed by atoms with Gasteiger partial charge in [0.2, 0.25) is 5.91 Å². The first kappa shape index (κ1) is 34.5. The molecule has 0 aliphatic carbocycles. The van der Waals surface area contributed by atoms with Gasteiger partial charge in [0.1, 0.15) is 18.9 Å². The van der Waals surface area contributed by atoms with E-state index < -0.39 is 60.5 Å². The van der Waals surface area contributed by atoms with Crippen LogP contribution in [0.15, 0.2) is 83.9 Å². The molecule has 3 aromatic rings. The van der Waals surface area contributed by atoms with E-state index in [1.54, 1.807) is 48.5 Å². The number of para-hydroxylation sites is 1. The molecule has 1 atom stereocenters. The van der Waals surface area contributed by atoms with Crippen molar-refractivity contribution in [3.63, 3.8) is 0 Å². The quantitative estimate of drug-likeness (QED) is 0.228. The lowest BCUT2D eigenvalue weighted by Gasteiger charge is -2.24. The molecule has 1 heterocycles. The van der Waals surface area contributed by atoms with Gasteiger partial charge in [-0.15, -0.1) is 0 Å². The second kappa shape index (κ2) is 15.3. The average Bonchev–Trinajstić information content (AvgIpc) is 3.16. The second-order valence-corrected chi connectivity index (χ2v) is 10.2. The van der Waals surface area contributed by atoms with Crippen molar-refractivity contribution in [2.45, 2.75) is 12.2 Å². The zero-order valence-electron chi connectivity index (χ0n) is 25.0. The molecule has 11 nitrogen and oxygen atoms in total. The number of alkyl halides is 3. The van der Waals surface area contributed by atoms with Crippen molar-refractivity contribution in [2.24, 2.45) is 4.99 Å². The molecule has 1 aliphatic rings. The fourth-order valence-electron chi connectivity index (χ4n) is 4.50. The summed E-state index contributed by atoms with van der Waals surface area (Å²) in [6.45, 7) is -1.20. The van der Waals surface area contributed by atoms with Gasteiger partial charge < -0.3 is 24.4 Å². The van der Waals surface area contributed by atoms with Gasteiger partial charge >= 0.3 is 18.2 Å². The van der Waals surface area contributed by atoms with Crippen LogP contribution in [0.25, 0.3) is 0 Å². The number of esters is 1. The van der Waals surface area contributed by atoms with Crippen LogP contribution in [0, 0.1) is 0 Å². The van der Waals surface area contributed by atoms with Crippen molar-refractivity contribution in [1.82, 2.24) is 5.32 Å². The van der Waals surface area contributed by atoms with Gasteiger partial charge in [-0.3, -0.25) is 19.9 Å². The third kappa shape index (κ3) is 8.88. The number of methoxy groups -OCH3 is 2. The fraction of sp³-hybridized carbons (Fsp3) is 0.219. The Bertz CT molecular complexity index is 1710. The zero-order chi connectivity index (χ0) is 34.1. The Hall–Kier alpha value is -5.37. The molecule has 47 heavy (non-hydrogen) atoms. The van der Waals surface area contributed by atoms with E-state index in [0.717, 1.165) is 18.2 Å². The molecule has 4 rings (SSSR count). The molecule has 0 saturated carbocycles. The number of nitrogens with zero attached hydrogens (tertiary/aromatic N) is 2. The number of aliphatic imine (C=N–C) groups is 1. The number of amides is 3. The van der Waals surface area contributed by atoms with Gasteiger partial charge in [-0.2, -0.15) is 13.2 Å². The minimum absolute atomic E-state index is 0.0392. The van der Waals surface area contributed by atoms with Crippen molar-refractivity contribution in [2.75, 3.05) is 44.1 Å². The van der Waals surface area contributed by atoms with Crippen LogP contribution in [0.5, 0.6) is 5.75 Å². The molecule has 0 aromatic heterocycles. The van der Waals surface area contributed by atoms with Crippen LogP contribution in [0.4, 0.5) is 29.3 Å². The van der Waals surface area contributed by atoms with Crippen molar-refractivity contribution in [1.29, 1.82) is 0 Å². The maximum atomic E-state index is 13.9. The number of fused-ring (bicyclic) bond motifs is 1. The number of rotatable bonds is 10. The monoisotopic (exact) mass is 672 g/mol. The van der Waals surface area contributed by atoms with E-state index in [0.29, 0.717) is 34.3 Å². The normalized spacial score (nSPS) is 14.5. The predicted molar refractivity (Wildman–Crippen MR) is 167 cm³/mol. The van der Waals surface area contributed by atoms with Gasteiger partial charge in [-0.05, 0) is 48.5 Å². The van der Waals surface area contributed by atoms with Crippen molar-refractivity contribution in [3.8, 4) is 5.75 Å². The number of carbonyl (C=O) groups is 4. The number of carbonyl (C=O) groups excluding carboxylic acids is 4. The summed E-state index contributed by atoms with van der Waals surface area (Å²) in [7, 11) is 2.71.